The van der Waals surface area contributed by atoms with Crippen molar-refractivity contribution in [3.05, 3.63) is 65.7 Å². The minimum atomic E-state index is -0.227. The molecule has 0 aliphatic rings. The Bertz CT molecular complexity index is 593. The normalized spacial score (nSPS) is 10.5. The summed E-state index contributed by atoms with van der Waals surface area (Å²) in [4.78, 5) is 11.8. The molecule has 0 aliphatic heterocycles. The molecule has 0 heterocycles. The Hall–Kier alpha value is -0.0500. The van der Waals surface area contributed by atoms with E-state index in [1.165, 1.54) is 11.7 Å². The second kappa shape index (κ2) is 9.95. The van der Waals surface area contributed by atoms with E-state index in [4.69, 9.17) is 8.92 Å². The van der Waals surface area contributed by atoms with Crippen LogP contribution in [0.25, 0.3) is 0 Å². The molecule has 0 fully saturated rings. The van der Waals surface area contributed by atoms with Gasteiger partial charge in [0.25, 0.3) is 0 Å². The van der Waals surface area contributed by atoms with Gasteiger partial charge in [0, 0.05) is 0 Å². The number of hydrogen-bond acceptors (Lipinski definition) is 4. The van der Waals surface area contributed by atoms with E-state index in [0.717, 1.165) is 16.9 Å². The van der Waals surface area contributed by atoms with Gasteiger partial charge in [-0.3, -0.25) is 4.79 Å². The zero-order chi connectivity index (χ0) is 15.8. The molecule has 0 N–H and O–H groups in total. The van der Waals surface area contributed by atoms with Gasteiger partial charge in [-0.25, -0.2) is 0 Å². The molecule has 0 spiro atoms. The van der Waals surface area contributed by atoms with Gasteiger partial charge in [-0.2, -0.15) is 0 Å². The molecule has 0 saturated heterocycles. The molecule has 0 unspecified atom stereocenters. The van der Waals surface area contributed by atoms with E-state index in [2.05, 4.69) is 44.1 Å². The van der Waals surface area contributed by atoms with Gasteiger partial charge in [-0.1, -0.05) is 42.5 Å². The lowest BCUT2D eigenvalue weighted by molar-refractivity contribution is -0.144. The predicted octanol–water partition coefficient (Wildman–Crippen LogP) is 6.10. The molecular formula is C15H13I2O3PS. The lowest BCUT2D eigenvalue weighted by atomic mass is 10.1. The van der Waals surface area contributed by atoms with E-state index >= 15 is 0 Å². The Morgan fingerprint density at radius 2 is 1.68 bits per heavy atom. The second-order valence-corrected chi connectivity index (χ2v) is 21.8. The molecule has 22 heavy (non-hydrogen) atoms. The van der Waals surface area contributed by atoms with Crippen LogP contribution in [0, 0.1) is 0 Å². The Kier molecular flexibility index (Phi) is 8.27. The molecule has 0 aliphatic carbocycles. The van der Waals surface area contributed by atoms with Crippen LogP contribution in [0.15, 0.2) is 54.6 Å². The summed E-state index contributed by atoms with van der Waals surface area (Å²) >= 11 is 6.12. The third kappa shape index (κ3) is 7.02. The van der Waals surface area contributed by atoms with Crippen LogP contribution < -0.4 is 4.18 Å². The van der Waals surface area contributed by atoms with E-state index in [-0.39, 0.29) is 14.8 Å². The molecule has 0 bridgehead atoms. The quantitative estimate of drug-likeness (QED) is 0.178. The molecule has 0 atom stereocenters. The third-order valence-corrected chi connectivity index (χ3v) is 6.54. The zero-order valence-electron chi connectivity index (χ0n) is 11.4. The first-order valence-electron chi connectivity index (χ1n) is 6.38. The van der Waals surface area contributed by atoms with Crippen molar-refractivity contribution in [1.29, 1.82) is 0 Å². The van der Waals surface area contributed by atoms with Crippen molar-refractivity contribution in [3.8, 4) is 5.75 Å². The Morgan fingerprint density at radius 1 is 1.00 bits per heavy atom. The second-order valence-electron chi connectivity index (χ2n) is 4.33. The van der Waals surface area contributed by atoms with Crippen molar-refractivity contribution in [2.75, 3.05) is 0 Å². The van der Waals surface area contributed by atoms with Crippen molar-refractivity contribution in [1.82, 2.24) is 0 Å². The predicted molar refractivity (Wildman–Crippen MR) is 110 cm³/mol. The molecule has 0 aromatic heterocycles. The van der Waals surface area contributed by atoms with Gasteiger partial charge < -0.3 is 8.92 Å². The smallest absolute Gasteiger partial charge is 0.310 e. The van der Waals surface area contributed by atoms with Gasteiger partial charge in [0.1, 0.15) is 26.4 Å². The number of carbonyl (C=O) groups excluding carboxylic acids is 1. The van der Waals surface area contributed by atoms with Crippen LogP contribution >= 0.6 is 58.2 Å². The third-order valence-electron chi connectivity index (χ3n) is 2.70. The first-order chi connectivity index (χ1) is 10.6. The fraction of sp³-hybridized carbons (Fsp3) is 0.133. The fourth-order valence-electron chi connectivity index (χ4n) is 1.69. The molecule has 2 rings (SSSR count). The van der Waals surface area contributed by atoms with Gasteiger partial charge in [-0.05, 0) is 67.3 Å². The maximum Gasteiger partial charge on any atom is 0.310 e. The number of esters is 1. The van der Waals surface area contributed by atoms with E-state index in [0.29, 0.717) is 6.61 Å². The summed E-state index contributed by atoms with van der Waals surface area (Å²) in [6, 6.07) is 17.2. The first kappa shape index (κ1) is 18.3. The number of benzene rings is 2. The van der Waals surface area contributed by atoms with Crippen LogP contribution in [-0.2, 0) is 22.6 Å². The molecule has 0 radical (unpaired) electrons. The van der Waals surface area contributed by atoms with Gasteiger partial charge >= 0.3 is 5.97 Å². The topological polar surface area (TPSA) is 35.5 Å². The number of rotatable bonds is 7. The van der Waals surface area contributed by atoms with Crippen LogP contribution in [0.3, 0.4) is 0 Å². The molecule has 3 nitrogen and oxygen atoms in total. The fourth-order valence-corrected chi connectivity index (χ4v) is 3.82. The molecule has 2 aromatic carbocycles. The summed E-state index contributed by atoms with van der Waals surface area (Å²) < 4.78 is 10.6. The lowest BCUT2D eigenvalue weighted by Gasteiger charge is -2.07. The maximum atomic E-state index is 11.8. The molecule has 0 saturated carbocycles. The van der Waals surface area contributed by atoms with E-state index in [1.807, 2.05) is 54.6 Å². The number of carbonyl (C=O) groups is 1. The van der Waals surface area contributed by atoms with Crippen molar-refractivity contribution >= 4 is 64.1 Å². The summed E-state index contributed by atoms with van der Waals surface area (Å²) in [6.45, 7) is 0.312. The average molecular weight is 558 g/mol. The number of hydrogen-bond donors (Lipinski definition) is 0. The highest BCUT2D eigenvalue weighted by Gasteiger charge is 2.06. The summed E-state index contributed by atoms with van der Waals surface area (Å²) in [5.74, 6) is 0.571. The van der Waals surface area contributed by atoms with Crippen LogP contribution in [-0.4, -0.2) is 5.97 Å². The minimum Gasteiger partial charge on any atom is -0.461 e. The van der Waals surface area contributed by atoms with Crippen molar-refractivity contribution < 1.29 is 13.7 Å². The average Bonchev–Trinajstić information content (AvgIpc) is 2.53. The van der Waals surface area contributed by atoms with Gasteiger partial charge in [0.15, 0.2) is 0 Å². The summed E-state index contributed by atoms with van der Waals surface area (Å²) in [7, 11) is 0. The van der Waals surface area contributed by atoms with Gasteiger partial charge in [-0.15, -0.1) is 0 Å². The number of halogens is 2. The Balaban J connectivity index is 1.79. The molecule has 2 aromatic rings. The minimum absolute atomic E-state index is 0.213. The SMILES string of the molecule is O=C(Cc1ccc(OSP(I)I)cc1)OCc1ccccc1. The van der Waals surface area contributed by atoms with Crippen LogP contribution in [0.1, 0.15) is 11.1 Å². The van der Waals surface area contributed by atoms with Crippen molar-refractivity contribution in [2.45, 2.75) is 13.0 Å². The maximum absolute atomic E-state index is 11.8. The molecule has 0 amide bonds. The van der Waals surface area contributed by atoms with E-state index in [1.54, 1.807) is 0 Å². The Labute approximate surface area is 161 Å². The Morgan fingerprint density at radius 3 is 2.32 bits per heavy atom. The number of ether oxygens (including phenoxy) is 1. The van der Waals surface area contributed by atoms with Crippen LogP contribution in [0.2, 0.25) is 0 Å². The first-order valence-corrected chi connectivity index (χ1v) is 14.6. The van der Waals surface area contributed by atoms with E-state index in [9.17, 15) is 4.79 Å². The summed E-state index contributed by atoms with van der Waals surface area (Å²) in [5, 5.41) is 0. The standard InChI is InChI=1S/C15H13I2O3PS/c16-21(17)22-20-14-8-6-12(7-9-14)10-15(18)19-11-13-4-2-1-3-5-13/h1-9H,10-11H2. The highest BCUT2D eigenvalue weighted by atomic mass is 127. The molecule has 7 heteroatoms. The highest BCUT2D eigenvalue weighted by Crippen LogP contribution is 2.64. The lowest BCUT2D eigenvalue weighted by Crippen LogP contribution is -2.07. The summed E-state index contributed by atoms with van der Waals surface area (Å²) in [6.07, 6.45) is 0.269. The van der Waals surface area contributed by atoms with E-state index < -0.39 is 0 Å². The zero-order valence-corrected chi connectivity index (χ0v) is 17.5. The molecule has 116 valence electrons. The molecular weight excluding hydrogens is 545 g/mol. The largest absolute Gasteiger partial charge is 0.461 e. The highest BCUT2D eigenvalue weighted by molar-refractivity contribution is 14.3. The van der Waals surface area contributed by atoms with Crippen molar-refractivity contribution in [3.63, 3.8) is 0 Å². The van der Waals surface area contributed by atoms with Gasteiger partial charge in [0.2, 0.25) is 0 Å². The van der Waals surface area contributed by atoms with Crippen LogP contribution in [0.4, 0.5) is 0 Å². The summed E-state index contributed by atoms with van der Waals surface area (Å²) in [5.41, 5.74) is 1.91. The van der Waals surface area contributed by atoms with Crippen molar-refractivity contribution in [2.24, 2.45) is 0 Å². The van der Waals surface area contributed by atoms with Crippen LogP contribution in [0.5, 0.6) is 5.75 Å². The monoisotopic (exact) mass is 558 g/mol. The van der Waals surface area contributed by atoms with Gasteiger partial charge in [0.05, 0.1) is 6.42 Å².